The molecule has 4 aromatic rings. The highest BCUT2D eigenvalue weighted by Gasteiger charge is 2.17. The van der Waals surface area contributed by atoms with Crippen LogP contribution in [0, 0.1) is 6.92 Å². The van der Waals surface area contributed by atoms with Gasteiger partial charge in [-0.15, -0.1) is 0 Å². The van der Waals surface area contributed by atoms with Crippen molar-refractivity contribution in [1.82, 2.24) is 14.8 Å². The number of anilines is 1. The molecule has 0 fully saturated rings. The molecule has 0 radical (unpaired) electrons. The molecule has 0 bridgehead atoms. The molecule has 2 aromatic carbocycles. The largest absolute Gasteiger partial charge is 0.462 e. The molecule has 0 aliphatic rings. The van der Waals surface area contributed by atoms with Crippen molar-refractivity contribution in [3.8, 4) is 5.69 Å². The van der Waals surface area contributed by atoms with Crippen molar-refractivity contribution in [1.29, 1.82) is 0 Å². The molecule has 2 aromatic heterocycles. The number of pyridine rings is 1. The van der Waals surface area contributed by atoms with E-state index in [0.29, 0.717) is 33.5 Å². The van der Waals surface area contributed by atoms with Gasteiger partial charge in [-0.25, -0.2) is 9.48 Å². The first-order valence-electron chi connectivity index (χ1n) is 9.73. The summed E-state index contributed by atoms with van der Waals surface area (Å²) in [5.74, 6) is -0.833. The Morgan fingerprint density at radius 3 is 2.71 bits per heavy atom. The maximum absolute atomic E-state index is 12.9. The van der Waals surface area contributed by atoms with E-state index in [2.05, 4.69) is 15.4 Å². The van der Waals surface area contributed by atoms with Crippen molar-refractivity contribution in [2.24, 2.45) is 0 Å². The zero-order valence-corrected chi connectivity index (χ0v) is 17.0. The van der Waals surface area contributed by atoms with Gasteiger partial charge in [-0.3, -0.25) is 9.59 Å². The molecule has 2 N–H and O–H groups in total. The fourth-order valence-electron chi connectivity index (χ4n) is 3.39. The fourth-order valence-corrected chi connectivity index (χ4v) is 3.39. The van der Waals surface area contributed by atoms with E-state index >= 15 is 0 Å². The number of ether oxygens (including phenoxy) is 1. The highest BCUT2D eigenvalue weighted by molar-refractivity contribution is 6.12. The summed E-state index contributed by atoms with van der Waals surface area (Å²) >= 11 is 0. The third kappa shape index (κ3) is 3.95. The van der Waals surface area contributed by atoms with E-state index in [9.17, 15) is 14.4 Å². The lowest BCUT2D eigenvalue weighted by molar-refractivity contribution is 0.0525. The van der Waals surface area contributed by atoms with Crippen molar-refractivity contribution in [2.75, 3.05) is 11.9 Å². The van der Waals surface area contributed by atoms with Gasteiger partial charge in [0.2, 0.25) is 5.56 Å². The highest BCUT2D eigenvalue weighted by Crippen LogP contribution is 2.20. The molecule has 0 aliphatic heterocycles. The number of aromatic amines is 1. The van der Waals surface area contributed by atoms with Crippen LogP contribution in [0.2, 0.25) is 0 Å². The number of carbonyl (C=O) groups excluding carboxylic acids is 2. The number of H-pyrrole nitrogens is 1. The predicted octanol–water partition coefficient (Wildman–Crippen LogP) is 3.45. The molecule has 31 heavy (non-hydrogen) atoms. The van der Waals surface area contributed by atoms with Gasteiger partial charge in [-0.1, -0.05) is 24.3 Å². The number of rotatable bonds is 5. The van der Waals surface area contributed by atoms with Gasteiger partial charge in [-0.05, 0) is 38.1 Å². The molecule has 8 heteroatoms. The molecule has 0 spiro atoms. The molecular weight excluding hydrogens is 396 g/mol. The third-order valence-corrected chi connectivity index (χ3v) is 4.85. The quantitative estimate of drug-likeness (QED) is 0.485. The standard InChI is InChI=1S/C23H20N4O4/c1-3-31-23(30)19-13-24-27(14(19)2)16-8-6-7-15(11-16)25-22(29)18-12-21(28)26-20-10-5-4-9-17(18)20/h4-13H,3H2,1-2H3,(H,25,29)(H,26,28). The summed E-state index contributed by atoms with van der Waals surface area (Å²) < 4.78 is 6.65. The molecule has 0 saturated carbocycles. The van der Waals surface area contributed by atoms with Crippen LogP contribution in [0.4, 0.5) is 5.69 Å². The summed E-state index contributed by atoms with van der Waals surface area (Å²) in [5.41, 5.74) is 2.73. The molecule has 2 heterocycles. The van der Waals surface area contributed by atoms with Crippen molar-refractivity contribution < 1.29 is 14.3 Å². The molecule has 0 aliphatic carbocycles. The number of nitrogens with one attached hydrogen (secondary N) is 2. The number of para-hydroxylation sites is 1. The second-order valence-corrected chi connectivity index (χ2v) is 6.87. The van der Waals surface area contributed by atoms with Gasteiger partial charge >= 0.3 is 5.97 Å². The maximum atomic E-state index is 12.9. The summed E-state index contributed by atoms with van der Waals surface area (Å²) in [6, 6.07) is 15.5. The average Bonchev–Trinajstić information content (AvgIpc) is 3.15. The second kappa shape index (κ2) is 8.27. The Hall–Kier alpha value is -4.20. The fraction of sp³-hybridized carbons (Fsp3) is 0.130. The van der Waals surface area contributed by atoms with Crippen LogP contribution in [-0.4, -0.2) is 33.2 Å². The number of aromatic nitrogens is 3. The zero-order valence-electron chi connectivity index (χ0n) is 17.0. The third-order valence-electron chi connectivity index (χ3n) is 4.85. The number of hydrogen-bond donors (Lipinski definition) is 2. The molecule has 0 saturated heterocycles. The van der Waals surface area contributed by atoms with E-state index in [0.717, 1.165) is 0 Å². The van der Waals surface area contributed by atoms with Crippen LogP contribution in [0.1, 0.15) is 33.3 Å². The van der Waals surface area contributed by atoms with Gasteiger partial charge in [0.05, 0.1) is 29.7 Å². The number of hydrogen-bond acceptors (Lipinski definition) is 5. The van der Waals surface area contributed by atoms with Gasteiger partial charge in [-0.2, -0.15) is 5.10 Å². The Balaban J connectivity index is 1.64. The van der Waals surface area contributed by atoms with Crippen LogP contribution in [-0.2, 0) is 4.74 Å². The van der Waals surface area contributed by atoms with E-state index < -0.39 is 11.9 Å². The summed E-state index contributed by atoms with van der Waals surface area (Å²) in [6.45, 7) is 3.79. The van der Waals surface area contributed by atoms with Gasteiger partial charge in [0.25, 0.3) is 5.91 Å². The number of fused-ring (bicyclic) bond motifs is 1. The first-order chi connectivity index (χ1) is 15.0. The van der Waals surface area contributed by atoms with Crippen molar-refractivity contribution in [3.05, 3.63) is 88.0 Å². The highest BCUT2D eigenvalue weighted by atomic mass is 16.5. The van der Waals surface area contributed by atoms with Gasteiger partial charge in [0.15, 0.2) is 0 Å². The van der Waals surface area contributed by atoms with Crippen LogP contribution in [0.5, 0.6) is 0 Å². The molecule has 0 atom stereocenters. The number of benzene rings is 2. The van der Waals surface area contributed by atoms with Crippen LogP contribution in [0.25, 0.3) is 16.6 Å². The predicted molar refractivity (Wildman–Crippen MR) is 117 cm³/mol. The van der Waals surface area contributed by atoms with Crippen LogP contribution < -0.4 is 10.9 Å². The number of nitrogens with zero attached hydrogens (tertiary/aromatic N) is 2. The monoisotopic (exact) mass is 416 g/mol. The molecule has 0 unspecified atom stereocenters. The molecule has 1 amide bonds. The first kappa shape index (κ1) is 20.1. The Morgan fingerprint density at radius 1 is 1.10 bits per heavy atom. The summed E-state index contributed by atoms with van der Waals surface area (Å²) in [7, 11) is 0. The van der Waals surface area contributed by atoms with E-state index in [1.807, 2.05) is 6.07 Å². The van der Waals surface area contributed by atoms with Gasteiger partial charge in [0, 0.05) is 22.7 Å². The average molecular weight is 416 g/mol. The van der Waals surface area contributed by atoms with Crippen LogP contribution in [0.3, 0.4) is 0 Å². The number of carbonyl (C=O) groups is 2. The molecular formula is C23H20N4O4. The van der Waals surface area contributed by atoms with E-state index in [1.165, 1.54) is 12.3 Å². The topological polar surface area (TPSA) is 106 Å². The van der Waals surface area contributed by atoms with E-state index in [4.69, 9.17) is 4.74 Å². The first-order valence-corrected chi connectivity index (χ1v) is 9.73. The van der Waals surface area contributed by atoms with Crippen LogP contribution in [0.15, 0.2) is 65.6 Å². The Bertz CT molecular complexity index is 1350. The Labute approximate surface area is 177 Å². The van der Waals surface area contributed by atoms with Crippen molar-refractivity contribution in [3.63, 3.8) is 0 Å². The molecule has 4 rings (SSSR count). The number of amides is 1. The lowest BCUT2D eigenvalue weighted by Gasteiger charge is -2.10. The minimum Gasteiger partial charge on any atom is -0.462 e. The summed E-state index contributed by atoms with van der Waals surface area (Å²) in [5, 5.41) is 7.76. The zero-order chi connectivity index (χ0) is 22.0. The maximum Gasteiger partial charge on any atom is 0.341 e. The normalized spacial score (nSPS) is 10.8. The molecule has 156 valence electrons. The smallest absolute Gasteiger partial charge is 0.341 e. The van der Waals surface area contributed by atoms with Crippen LogP contribution >= 0.6 is 0 Å². The SMILES string of the molecule is CCOC(=O)c1cnn(-c2cccc(NC(=O)c3cc(=O)[nH]c4ccccc34)c2)c1C. The van der Waals surface area contributed by atoms with Gasteiger partial charge < -0.3 is 15.0 Å². The lowest BCUT2D eigenvalue weighted by atomic mass is 10.1. The summed E-state index contributed by atoms with van der Waals surface area (Å²) in [6.07, 6.45) is 1.46. The molecule has 8 nitrogen and oxygen atoms in total. The van der Waals surface area contributed by atoms with E-state index in [-0.39, 0.29) is 17.7 Å². The second-order valence-electron chi connectivity index (χ2n) is 6.87. The van der Waals surface area contributed by atoms with Gasteiger partial charge in [0.1, 0.15) is 5.56 Å². The minimum absolute atomic E-state index is 0.280. The Kier molecular flexibility index (Phi) is 5.36. The number of esters is 1. The minimum atomic E-state index is -0.433. The Morgan fingerprint density at radius 2 is 1.90 bits per heavy atom. The lowest BCUT2D eigenvalue weighted by Crippen LogP contribution is -2.17. The van der Waals surface area contributed by atoms with Crippen molar-refractivity contribution >= 4 is 28.5 Å². The van der Waals surface area contributed by atoms with Crippen molar-refractivity contribution in [2.45, 2.75) is 13.8 Å². The summed E-state index contributed by atoms with van der Waals surface area (Å²) in [4.78, 5) is 39.6. The van der Waals surface area contributed by atoms with E-state index in [1.54, 1.807) is 61.0 Å².